The quantitative estimate of drug-likeness (QED) is 0.308. The van der Waals surface area contributed by atoms with Gasteiger partial charge in [-0.1, -0.05) is 36.3 Å². The molecular weight excluding hydrogens is 585 g/mol. The van der Waals surface area contributed by atoms with Gasteiger partial charge in [-0.3, -0.25) is 4.79 Å². The molecule has 1 aliphatic heterocycles. The second-order valence-electron chi connectivity index (χ2n) is 11.0. The Morgan fingerprint density at radius 3 is 2.48 bits per heavy atom. The standard InChI is InChI=1S/C30H35F3N4O7/c1-42-23-10-6-3-7-16(23)13-36(21-8-4-5-9-22(21)39)30(41)29-28(43-2)26(27(40)24(15-38)44-29)37-14-20(34-35-37)17-11-18(31)25(33)19(32)12-17/h3,6-7,10-12,14,21-22,24,26-29,38-40H,4-5,8-9,13,15H2,1-2H3/t21-,22-,24+,26-,27-,28+,29+/m0/s1. The summed E-state index contributed by atoms with van der Waals surface area (Å²) in [5.74, 6) is -4.46. The summed E-state index contributed by atoms with van der Waals surface area (Å²) in [6.45, 7) is -0.584. The Hall–Kier alpha value is -3.56. The van der Waals surface area contributed by atoms with Crippen LogP contribution < -0.4 is 4.74 Å². The highest BCUT2D eigenvalue weighted by Crippen LogP contribution is 2.36. The average molecular weight is 621 g/mol. The lowest BCUT2D eigenvalue weighted by molar-refractivity contribution is -0.219. The van der Waals surface area contributed by atoms with E-state index in [0.717, 1.165) is 25.0 Å². The number of methoxy groups -OCH3 is 2. The van der Waals surface area contributed by atoms with Gasteiger partial charge in [-0.25, -0.2) is 17.9 Å². The maximum Gasteiger partial charge on any atom is 0.255 e. The lowest BCUT2D eigenvalue weighted by atomic mass is 9.88. The number of nitrogens with zero attached hydrogens (tertiary/aromatic N) is 4. The Morgan fingerprint density at radius 2 is 1.82 bits per heavy atom. The van der Waals surface area contributed by atoms with E-state index in [4.69, 9.17) is 14.2 Å². The van der Waals surface area contributed by atoms with E-state index in [0.29, 0.717) is 24.2 Å². The van der Waals surface area contributed by atoms with Crippen LogP contribution in [0.15, 0.2) is 42.6 Å². The minimum Gasteiger partial charge on any atom is -0.496 e. The molecule has 7 atom stereocenters. The zero-order valence-electron chi connectivity index (χ0n) is 24.2. The molecule has 5 rings (SSSR count). The number of carbonyl (C=O) groups is 1. The van der Waals surface area contributed by atoms with Gasteiger partial charge in [0.25, 0.3) is 5.91 Å². The van der Waals surface area contributed by atoms with Crippen LogP contribution in [0.25, 0.3) is 11.3 Å². The Bertz CT molecular complexity index is 1440. The minimum absolute atomic E-state index is 0.0390. The number of hydrogen-bond donors (Lipinski definition) is 3. The zero-order chi connectivity index (χ0) is 31.5. The van der Waals surface area contributed by atoms with Gasteiger partial charge >= 0.3 is 0 Å². The van der Waals surface area contributed by atoms with E-state index >= 15 is 0 Å². The van der Waals surface area contributed by atoms with E-state index in [-0.39, 0.29) is 17.8 Å². The van der Waals surface area contributed by atoms with Crippen LogP contribution in [0, 0.1) is 17.5 Å². The number of carbonyl (C=O) groups excluding carboxylic acids is 1. The smallest absolute Gasteiger partial charge is 0.255 e. The van der Waals surface area contributed by atoms with Crippen LogP contribution in [0.5, 0.6) is 5.75 Å². The Morgan fingerprint density at radius 1 is 1.11 bits per heavy atom. The van der Waals surface area contributed by atoms with Crippen molar-refractivity contribution in [2.75, 3.05) is 20.8 Å². The number of rotatable bonds is 9. The largest absolute Gasteiger partial charge is 0.496 e. The fraction of sp³-hybridized carbons (Fsp3) is 0.500. The number of para-hydroxylation sites is 1. The molecular formula is C30H35F3N4O7. The molecule has 1 saturated heterocycles. The van der Waals surface area contributed by atoms with Crippen LogP contribution in [-0.2, 0) is 20.8 Å². The third kappa shape index (κ3) is 6.17. The molecule has 11 nitrogen and oxygen atoms in total. The molecule has 0 radical (unpaired) electrons. The molecule has 0 unspecified atom stereocenters. The molecule has 1 saturated carbocycles. The van der Waals surface area contributed by atoms with Crippen molar-refractivity contribution in [1.29, 1.82) is 0 Å². The summed E-state index contributed by atoms with van der Waals surface area (Å²) in [4.78, 5) is 16.0. The summed E-state index contributed by atoms with van der Waals surface area (Å²) in [7, 11) is 2.83. The molecule has 14 heteroatoms. The fourth-order valence-corrected chi connectivity index (χ4v) is 6.11. The first kappa shape index (κ1) is 31.9. The van der Waals surface area contributed by atoms with Crippen molar-refractivity contribution in [3.8, 4) is 17.0 Å². The van der Waals surface area contributed by atoms with Gasteiger partial charge in [0.1, 0.15) is 35.8 Å². The summed E-state index contributed by atoms with van der Waals surface area (Å²) >= 11 is 0. The third-order valence-corrected chi connectivity index (χ3v) is 8.39. The number of halogens is 3. The molecule has 1 aliphatic carbocycles. The first-order valence-electron chi connectivity index (χ1n) is 14.3. The topological polar surface area (TPSA) is 139 Å². The van der Waals surface area contributed by atoms with Crippen LogP contribution in [0.3, 0.4) is 0 Å². The van der Waals surface area contributed by atoms with Crippen molar-refractivity contribution in [3.63, 3.8) is 0 Å². The normalized spacial score (nSPS) is 27.2. The second kappa shape index (κ2) is 13.6. The van der Waals surface area contributed by atoms with Crippen LogP contribution in [0.1, 0.15) is 37.3 Å². The number of benzene rings is 2. The Kier molecular flexibility index (Phi) is 9.85. The first-order valence-corrected chi connectivity index (χ1v) is 14.3. The molecule has 1 amide bonds. The summed E-state index contributed by atoms with van der Waals surface area (Å²) < 4.78 is 59.7. The maximum atomic E-state index is 14.4. The highest BCUT2D eigenvalue weighted by Gasteiger charge is 2.51. The van der Waals surface area contributed by atoms with Gasteiger partial charge < -0.3 is 34.4 Å². The molecule has 44 heavy (non-hydrogen) atoms. The minimum atomic E-state index is -1.63. The van der Waals surface area contributed by atoms with E-state index < -0.39 is 72.6 Å². The van der Waals surface area contributed by atoms with E-state index in [1.54, 1.807) is 12.1 Å². The molecule has 2 fully saturated rings. The monoisotopic (exact) mass is 620 g/mol. The van der Waals surface area contributed by atoms with Crippen molar-refractivity contribution in [2.45, 2.75) is 74.8 Å². The van der Waals surface area contributed by atoms with Crippen LogP contribution in [0.2, 0.25) is 0 Å². The number of aliphatic hydroxyl groups is 3. The molecule has 238 valence electrons. The summed E-state index contributed by atoms with van der Waals surface area (Å²) in [6, 6.07) is 6.99. The molecule has 2 heterocycles. The van der Waals surface area contributed by atoms with E-state index in [9.17, 15) is 33.3 Å². The zero-order valence-corrected chi connectivity index (χ0v) is 24.2. The van der Waals surface area contributed by atoms with Crippen molar-refractivity contribution in [3.05, 3.63) is 65.6 Å². The summed E-state index contributed by atoms with van der Waals surface area (Å²) in [5, 5.41) is 40.3. The van der Waals surface area contributed by atoms with Gasteiger partial charge in [0.05, 0.1) is 32.1 Å². The second-order valence-corrected chi connectivity index (χ2v) is 11.0. The third-order valence-electron chi connectivity index (χ3n) is 8.39. The maximum absolute atomic E-state index is 14.4. The highest BCUT2D eigenvalue weighted by molar-refractivity contribution is 5.82. The molecule has 3 aromatic rings. The van der Waals surface area contributed by atoms with Crippen LogP contribution in [-0.4, -0.2) is 98.5 Å². The highest BCUT2D eigenvalue weighted by atomic mass is 19.2. The van der Waals surface area contributed by atoms with Gasteiger partial charge in [-0.05, 0) is 31.0 Å². The summed E-state index contributed by atoms with van der Waals surface area (Å²) in [6.07, 6.45) is -2.13. The molecule has 1 aromatic heterocycles. The molecule has 2 aliphatic rings. The molecule has 3 N–H and O–H groups in total. The number of aromatic nitrogens is 3. The van der Waals surface area contributed by atoms with Crippen LogP contribution >= 0.6 is 0 Å². The molecule has 0 bridgehead atoms. The molecule has 2 aromatic carbocycles. The lowest BCUT2D eigenvalue weighted by Crippen LogP contribution is -2.62. The summed E-state index contributed by atoms with van der Waals surface area (Å²) in [5.41, 5.74) is 0.549. The van der Waals surface area contributed by atoms with E-state index in [1.807, 2.05) is 12.1 Å². The Balaban J connectivity index is 1.51. The van der Waals surface area contributed by atoms with Gasteiger partial charge in [0, 0.05) is 24.8 Å². The number of aliphatic hydroxyl groups excluding tert-OH is 3. The van der Waals surface area contributed by atoms with E-state index in [2.05, 4.69) is 10.3 Å². The van der Waals surface area contributed by atoms with Crippen LogP contribution in [0.4, 0.5) is 13.2 Å². The van der Waals surface area contributed by atoms with Crippen molar-refractivity contribution in [1.82, 2.24) is 19.9 Å². The first-order chi connectivity index (χ1) is 21.2. The van der Waals surface area contributed by atoms with Gasteiger partial charge in [-0.2, -0.15) is 0 Å². The predicted molar refractivity (Wildman–Crippen MR) is 149 cm³/mol. The Labute approximate surface area is 251 Å². The average Bonchev–Trinajstić information content (AvgIpc) is 3.52. The van der Waals surface area contributed by atoms with Crippen molar-refractivity contribution < 1.29 is 47.5 Å². The van der Waals surface area contributed by atoms with Gasteiger partial charge in [-0.15, -0.1) is 5.10 Å². The van der Waals surface area contributed by atoms with Gasteiger partial charge in [0.2, 0.25) is 0 Å². The number of hydrogen-bond acceptors (Lipinski definition) is 9. The van der Waals surface area contributed by atoms with Gasteiger partial charge in [0.15, 0.2) is 23.6 Å². The molecule has 0 spiro atoms. The fourth-order valence-electron chi connectivity index (χ4n) is 6.11. The van der Waals surface area contributed by atoms with E-state index in [1.165, 1.54) is 30.0 Å². The van der Waals surface area contributed by atoms with Crippen molar-refractivity contribution >= 4 is 5.91 Å². The SMILES string of the molecule is COc1ccccc1CN(C(=O)[C@@H]1O[C@H](CO)[C@H](O)[C@H](n2cc(-c3cc(F)c(F)c(F)c3)nn2)[C@H]1OC)[C@H]1CCCC[C@@H]1O. The lowest BCUT2D eigenvalue weighted by Gasteiger charge is -2.46. The number of ether oxygens (including phenoxy) is 3. The number of amides is 1. The predicted octanol–water partition coefficient (Wildman–Crippen LogP) is 2.38. The van der Waals surface area contributed by atoms with Crippen molar-refractivity contribution in [2.24, 2.45) is 0 Å².